The average molecular weight is 814 g/mol. The van der Waals surface area contributed by atoms with Crippen LogP contribution in [-0.2, 0) is 15.8 Å². The summed E-state index contributed by atoms with van der Waals surface area (Å²) in [5.41, 5.74) is -3.66. The number of rotatable bonds is 13. The first-order valence-corrected chi connectivity index (χ1v) is 17.3. The van der Waals surface area contributed by atoms with E-state index in [9.17, 15) is 45.1 Å². The highest BCUT2D eigenvalue weighted by molar-refractivity contribution is 8.00. The van der Waals surface area contributed by atoms with Gasteiger partial charge in [-0.2, -0.15) is 13.2 Å². The van der Waals surface area contributed by atoms with E-state index in [4.69, 9.17) is 14.2 Å². The van der Waals surface area contributed by atoms with Crippen LogP contribution >= 0.6 is 11.8 Å². The number of halogens is 7. The van der Waals surface area contributed by atoms with Crippen LogP contribution in [0.15, 0.2) is 108 Å². The Bertz CT molecular complexity index is 2280. The molecule has 0 saturated carbocycles. The molecule has 0 aliphatic heterocycles. The molecule has 0 bridgehead atoms. The van der Waals surface area contributed by atoms with E-state index in [1.165, 1.54) is 88.1 Å². The van der Waals surface area contributed by atoms with Gasteiger partial charge in [-0.1, -0.05) is 48.5 Å². The molecular formula is C40H30F7N3O6S. The lowest BCUT2D eigenvalue weighted by Crippen LogP contribution is -2.30. The predicted octanol–water partition coefficient (Wildman–Crippen LogP) is 9.17. The second-order valence-electron chi connectivity index (χ2n) is 11.7. The molecule has 0 aromatic heterocycles. The number of thioether (sulfide) groups is 1. The molecule has 1 unspecified atom stereocenters. The van der Waals surface area contributed by atoms with Crippen LogP contribution in [0.2, 0.25) is 0 Å². The number of nitrogens with one attached hydrogen (secondary N) is 3. The van der Waals surface area contributed by atoms with E-state index in [-0.39, 0.29) is 28.3 Å². The number of benzene rings is 5. The molecule has 5 rings (SSSR count). The Labute approximate surface area is 324 Å². The number of anilines is 2. The molecule has 0 aliphatic carbocycles. The molecular weight excluding hydrogens is 784 g/mol. The molecule has 17 heteroatoms. The van der Waals surface area contributed by atoms with Crippen molar-refractivity contribution in [3.63, 3.8) is 0 Å². The Kier molecular flexibility index (Phi) is 13.1. The van der Waals surface area contributed by atoms with Gasteiger partial charge in [0, 0.05) is 27.8 Å². The number of alkyl halides is 3. The molecule has 3 N–H and O–H groups in total. The number of ether oxygens (including phenoxy) is 3. The van der Waals surface area contributed by atoms with E-state index in [1.807, 2.05) is 0 Å². The van der Waals surface area contributed by atoms with Gasteiger partial charge in [0.2, 0.25) is 5.91 Å². The first-order chi connectivity index (χ1) is 27.2. The lowest BCUT2D eigenvalue weighted by atomic mass is 10.1. The molecule has 296 valence electrons. The Morgan fingerprint density at radius 1 is 0.684 bits per heavy atom. The minimum absolute atomic E-state index is 0.204. The maximum absolute atomic E-state index is 14.7. The fourth-order valence-corrected chi connectivity index (χ4v) is 6.32. The average Bonchev–Trinajstić information content (AvgIpc) is 3.20. The van der Waals surface area contributed by atoms with Crippen LogP contribution in [-0.4, -0.2) is 39.1 Å². The third kappa shape index (κ3) is 9.67. The molecule has 57 heavy (non-hydrogen) atoms. The fraction of sp³-hybridized carbons (Fsp3) is 0.125. The van der Waals surface area contributed by atoms with Crippen molar-refractivity contribution in [1.29, 1.82) is 0 Å². The molecule has 5 aromatic rings. The highest BCUT2D eigenvalue weighted by Crippen LogP contribution is 2.41. The summed E-state index contributed by atoms with van der Waals surface area (Å²) in [7, 11) is 4.25. The molecule has 9 nitrogen and oxygen atoms in total. The van der Waals surface area contributed by atoms with Crippen molar-refractivity contribution >= 4 is 46.9 Å². The van der Waals surface area contributed by atoms with E-state index in [2.05, 4.69) is 10.6 Å². The normalized spacial score (nSPS) is 12.0. The quantitative estimate of drug-likeness (QED) is 0.0470. The van der Waals surface area contributed by atoms with Crippen LogP contribution in [0.5, 0.6) is 17.2 Å². The highest BCUT2D eigenvalue weighted by Gasteiger charge is 2.43. The van der Waals surface area contributed by atoms with Crippen LogP contribution in [0.4, 0.5) is 42.1 Å². The van der Waals surface area contributed by atoms with Crippen molar-refractivity contribution in [1.82, 2.24) is 5.32 Å². The maximum atomic E-state index is 14.7. The van der Waals surface area contributed by atoms with Gasteiger partial charge < -0.3 is 30.2 Å². The van der Waals surface area contributed by atoms with Gasteiger partial charge >= 0.3 is 6.18 Å². The number of hydrogen-bond acceptors (Lipinski definition) is 7. The lowest BCUT2D eigenvalue weighted by Gasteiger charge is -2.19. The predicted molar refractivity (Wildman–Crippen MR) is 198 cm³/mol. The van der Waals surface area contributed by atoms with Crippen LogP contribution in [0.25, 0.3) is 6.08 Å². The highest BCUT2D eigenvalue weighted by atomic mass is 32.2. The summed E-state index contributed by atoms with van der Waals surface area (Å²) < 4.78 is 114. The number of carbonyl (C=O) groups is 3. The smallest absolute Gasteiger partial charge is 0.422 e. The Balaban J connectivity index is 1.42. The largest absolute Gasteiger partial charge is 0.496 e. The second kappa shape index (κ2) is 18.0. The molecule has 0 heterocycles. The molecule has 5 aromatic carbocycles. The van der Waals surface area contributed by atoms with Gasteiger partial charge in [0.15, 0.2) is 34.8 Å². The van der Waals surface area contributed by atoms with Crippen molar-refractivity contribution in [2.75, 3.05) is 32.0 Å². The summed E-state index contributed by atoms with van der Waals surface area (Å²) in [6, 6.07) is 24.6. The zero-order valence-corrected chi connectivity index (χ0v) is 30.7. The molecule has 0 spiro atoms. The Morgan fingerprint density at radius 2 is 1.23 bits per heavy atom. The topological polar surface area (TPSA) is 115 Å². The van der Waals surface area contributed by atoms with Gasteiger partial charge in [0.25, 0.3) is 11.8 Å². The zero-order valence-electron chi connectivity index (χ0n) is 29.9. The van der Waals surface area contributed by atoms with Crippen molar-refractivity contribution in [3.8, 4) is 17.2 Å². The number of amides is 3. The van der Waals surface area contributed by atoms with Gasteiger partial charge in [0.1, 0.15) is 27.9 Å². The zero-order chi connectivity index (χ0) is 41.4. The van der Waals surface area contributed by atoms with Crippen LogP contribution in [0.1, 0.15) is 32.3 Å². The summed E-state index contributed by atoms with van der Waals surface area (Å²) in [4.78, 5) is 40.7. The van der Waals surface area contributed by atoms with E-state index >= 15 is 0 Å². The third-order valence-electron chi connectivity index (χ3n) is 8.07. The summed E-state index contributed by atoms with van der Waals surface area (Å²) >= 11 is 0.807. The van der Waals surface area contributed by atoms with Crippen LogP contribution in [0.3, 0.4) is 0 Å². The summed E-state index contributed by atoms with van der Waals surface area (Å²) in [5, 5.41) is 5.62. The standard InChI is InChI=1S/C40H30F7N3O6S/c1-54-27-20-29(56-3)28(55-2)19-23(27)18-26(49-37(51)22-12-8-5-9-13-22)38(52)48-24-14-16-25(17-15-24)57-36(21-10-6-4-7-11-21)39(53)50-35-33(43)31(41)30(40(45,46)47)32(42)34(35)44/h4-20,36H,1-3H3,(H,48,52)(H,49,51)(H,50,53)/b26-18-. The fourth-order valence-electron chi connectivity index (χ4n) is 5.29. The lowest BCUT2D eigenvalue weighted by molar-refractivity contribution is -0.143. The molecule has 0 aliphatic rings. The van der Waals surface area contributed by atoms with Crippen molar-refractivity contribution < 1.29 is 59.3 Å². The summed E-state index contributed by atoms with van der Waals surface area (Å²) in [6.07, 6.45) is -4.40. The third-order valence-corrected chi connectivity index (χ3v) is 9.33. The van der Waals surface area contributed by atoms with Crippen LogP contribution in [0, 0.1) is 23.3 Å². The van der Waals surface area contributed by atoms with Crippen molar-refractivity contribution in [3.05, 3.63) is 148 Å². The van der Waals surface area contributed by atoms with Crippen molar-refractivity contribution in [2.45, 2.75) is 16.3 Å². The monoisotopic (exact) mass is 813 g/mol. The molecule has 0 saturated heterocycles. The van der Waals surface area contributed by atoms with E-state index < -0.39 is 63.7 Å². The van der Waals surface area contributed by atoms with Crippen molar-refractivity contribution in [2.24, 2.45) is 0 Å². The molecule has 0 fully saturated rings. The van der Waals surface area contributed by atoms with Crippen LogP contribution < -0.4 is 30.2 Å². The Morgan fingerprint density at radius 3 is 1.77 bits per heavy atom. The maximum Gasteiger partial charge on any atom is 0.422 e. The first-order valence-electron chi connectivity index (χ1n) is 16.4. The van der Waals surface area contributed by atoms with E-state index in [0.717, 1.165) is 11.8 Å². The van der Waals surface area contributed by atoms with E-state index in [0.29, 0.717) is 22.0 Å². The first kappa shape index (κ1) is 41.7. The Hall–Kier alpha value is -6.49. The van der Waals surface area contributed by atoms with Gasteiger partial charge in [0.05, 0.1) is 21.3 Å². The van der Waals surface area contributed by atoms with Gasteiger partial charge in [-0.25, -0.2) is 17.6 Å². The summed E-state index contributed by atoms with van der Waals surface area (Å²) in [6.45, 7) is 0. The van der Waals surface area contributed by atoms with E-state index in [1.54, 1.807) is 41.7 Å². The number of carbonyl (C=O) groups excluding carboxylic acids is 3. The molecule has 0 radical (unpaired) electrons. The molecule has 1 atom stereocenters. The van der Waals surface area contributed by atoms with Gasteiger partial charge in [-0.15, -0.1) is 11.8 Å². The second-order valence-corrected chi connectivity index (χ2v) is 12.9. The SMILES string of the molecule is COc1cc(OC)c(OC)cc1/C=C(\NC(=O)c1ccccc1)C(=O)Nc1ccc(SC(C(=O)Nc2c(F)c(F)c(C(F)(F)F)c(F)c2F)c2ccccc2)cc1. The van der Waals surface area contributed by atoms with Gasteiger partial charge in [-0.05, 0) is 54.1 Å². The number of methoxy groups -OCH3 is 3. The summed E-state index contributed by atoms with van der Waals surface area (Å²) in [5.74, 6) is -12.0. The minimum Gasteiger partial charge on any atom is -0.496 e. The number of hydrogen-bond donors (Lipinski definition) is 3. The minimum atomic E-state index is -5.77. The molecule has 3 amide bonds. The van der Waals surface area contributed by atoms with Gasteiger partial charge in [-0.3, -0.25) is 14.4 Å².